The quantitative estimate of drug-likeness (QED) is 0.642. The van der Waals surface area contributed by atoms with Crippen molar-refractivity contribution in [3.63, 3.8) is 0 Å². The summed E-state index contributed by atoms with van der Waals surface area (Å²) in [5.74, 6) is 1.53. The van der Waals surface area contributed by atoms with Crippen molar-refractivity contribution >= 4 is 17.0 Å². The van der Waals surface area contributed by atoms with E-state index in [4.69, 9.17) is 0 Å². The molecule has 1 aliphatic heterocycles. The Kier molecular flexibility index (Phi) is 5.57. The average Bonchev–Trinajstić information content (AvgIpc) is 3.43. The maximum absolute atomic E-state index is 9.76. The lowest BCUT2D eigenvalue weighted by Crippen LogP contribution is -2.22. The van der Waals surface area contributed by atoms with E-state index in [2.05, 4.69) is 35.6 Å². The molecule has 0 aromatic carbocycles. The normalized spacial score (nSPS) is 18.2. The summed E-state index contributed by atoms with van der Waals surface area (Å²) in [6.07, 6.45) is 9.83. The van der Waals surface area contributed by atoms with Crippen LogP contribution in [0.2, 0.25) is 0 Å². The van der Waals surface area contributed by atoms with Gasteiger partial charge in [0.15, 0.2) is 17.0 Å². The van der Waals surface area contributed by atoms with Crippen LogP contribution in [0.1, 0.15) is 38.3 Å². The molecule has 8 nitrogen and oxygen atoms in total. The fraction of sp³-hybridized carbons (Fsp3) is 0.600. The molecule has 0 amide bonds. The molecule has 0 bridgehead atoms. The van der Waals surface area contributed by atoms with E-state index < -0.39 is 0 Å². The van der Waals surface area contributed by atoms with E-state index in [-0.39, 0.29) is 6.10 Å². The Morgan fingerprint density at radius 2 is 2.18 bits per heavy atom. The smallest absolute Gasteiger partial charge is 0.165 e. The van der Waals surface area contributed by atoms with Crippen molar-refractivity contribution in [1.29, 1.82) is 0 Å². The van der Waals surface area contributed by atoms with Crippen LogP contribution in [0.3, 0.4) is 0 Å². The van der Waals surface area contributed by atoms with Gasteiger partial charge in [-0.2, -0.15) is 5.10 Å². The second-order valence-electron chi connectivity index (χ2n) is 7.76. The molecular formula is C20H29N7O. The third-order valence-corrected chi connectivity index (χ3v) is 5.80. The first-order valence-corrected chi connectivity index (χ1v) is 10.2. The Balaban J connectivity index is 1.45. The van der Waals surface area contributed by atoms with Crippen molar-refractivity contribution in [2.45, 2.75) is 51.7 Å². The SMILES string of the molecule is CCC(O)CCCn1cnc2c(N3CCC(Cc4ccnn4C)C3)ncnc21. The Morgan fingerprint density at radius 1 is 1.29 bits per heavy atom. The van der Waals surface area contributed by atoms with Gasteiger partial charge < -0.3 is 14.6 Å². The molecule has 1 saturated heterocycles. The Bertz CT molecular complexity index is 918. The summed E-state index contributed by atoms with van der Waals surface area (Å²) in [6, 6.07) is 2.10. The lowest BCUT2D eigenvalue weighted by Gasteiger charge is -2.17. The number of hydrogen-bond acceptors (Lipinski definition) is 6. The van der Waals surface area contributed by atoms with Crippen LogP contribution in [0.5, 0.6) is 0 Å². The summed E-state index contributed by atoms with van der Waals surface area (Å²) in [5, 5.41) is 14.0. The van der Waals surface area contributed by atoms with E-state index in [1.165, 1.54) is 5.69 Å². The first-order valence-electron chi connectivity index (χ1n) is 10.2. The Morgan fingerprint density at radius 3 is 2.96 bits per heavy atom. The summed E-state index contributed by atoms with van der Waals surface area (Å²) >= 11 is 0. The molecule has 0 spiro atoms. The zero-order valence-electron chi connectivity index (χ0n) is 16.7. The molecule has 150 valence electrons. The predicted molar refractivity (Wildman–Crippen MR) is 108 cm³/mol. The molecule has 1 fully saturated rings. The third-order valence-electron chi connectivity index (χ3n) is 5.80. The highest BCUT2D eigenvalue weighted by atomic mass is 16.3. The van der Waals surface area contributed by atoms with Gasteiger partial charge in [-0.15, -0.1) is 0 Å². The summed E-state index contributed by atoms with van der Waals surface area (Å²) in [5.41, 5.74) is 3.03. The largest absolute Gasteiger partial charge is 0.393 e. The van der Waals surface area contributed by atoms with Crippen molar-refractivity contribution in [2.75, 3.05) is 18.0 Å². The predicted octanol–water partition coefficient (Wildman–Crippen LogP) is 2.18. The molecular weight excluding hydrogens is 354 g/mol. The van der Waals surface area contributed by atoms with Gasteiger partial charge in [-0.3, -0.25) is 4.68 Å². The van der Waals surface area contributed by atoms with Crippen molar-refractivity contribution in [1.82, 2.24) is 29.3 Å². The molecule has 8 heteroatoms. The van der Waals surface area contributed by atoms with Crippen molar-refractivity contribution in [3.05, 3.63) is 30.6 Å². The van der Waals surface area contributed by atoms with Crippen LogP contribution < -0.4 is 4.90 Å². The van der Waals surface area contributed by atoms with E-state index in [0.717, 1.165) is 68.7 Å². The Labute approximate surface area is 165 Å². The summed E-state index contributed by atoms with van der Waals surface area (Å²) in [6.45, 7) is 4.79. The second kappa shape index (κ2) is 8.26. The van der Waals surface area contributed by atoms with Gasteiger partial charge in [-0.25, -0.2) is 15.0 Å². The fourth-order valence-corrected chi connectivity index (χ4v) is 4.05. The molecule has 4 rings (SSSR count). The van der Waals surface area contributed by atoms with E-state index in [0.29, 0.717) is 5.92 Å². The van der Waals surface area contributed by atoms with Crippen molar-refractivity contribution < 1.29 is 5.11 Å². The van der Waals surface area contributed by atoms with Gasteiger partial charge in [0.25, 0.3) is 0 Å². The van der Waals surface area contributed by atoms with E-state index in [1.807, 2.05) is 31.2 Å². The summed E-state index contributed by atoms with van der Waals surface area (Å²) in [4.78, 5) is 16.0. The molecule has 1 N–H and O–H groups in total. The number of aryl methyl sites for hydroxylation is 2. The van der Waals surface area contributed by atoms with Crippen LogP contribution in [0.25, 0.3) is 11.2 Å². The van der Waals surface area contributed by atoms with Gasteiger partial charge in [-0.05, 0) is 44.1 Å². The zero-order chi connectivity index (χ0) is 19.5. The number of rotatable bonds is 8. The number of aromatic nitrogens is 6. The van der Waals surface area contributed by atoms with Gasteiger partial charge in [0.2, 0.25) is 0 Å². The molecule has 1 aliphatic rings. The first kappa shape index (κ1) is 18.9. The minimum Gasteiger partial charge on any atom is -0.393 e. The fourth-order valence-electron chi connectivity index (χ4n) is 4.05. The van der Waals surface area contributed by atoms with Gasteiger partial charge in [0.05, 0.1) is 12.4 Å². The highest BCUT2D eigenvalue weighted by Crippen LogP contribution is 2.28. The Hall–Kier alpha value is -2.48. The van der Waals surface area contributed by atoms with Gasteiger partial charge in [0.1, 0.15) is 6.33 Å². The van der Waals surface area contributed by atoms with Gasteiger partial charge in [0, 0.05) is 38.6 Å². The van der Waals surface area contributed by atoms with Crippen LogP contribution in [0.4, 0.5) is 5.82 Å². The van der Waals surface area contributed by atoms with E-state index in [1.54, 1.807) is 6.33 Å². The highest BCUT2D eigenvalue weighted by molar-refractivity contribution is 5.83. The molecule has 2 unspecified atom stereocenters. The minimum atomic E-state index is -0.221. The topological polar surface area (TPSA) is 84.9 Å². The van der Waals surface area contributed by atoms with Crippen LogP contribution in [0, 0.1) is 5.92 Å². The number of fused-ring (bicyclic) bond motifs is 1. The van der Waals surface area contributed by atoms with Crippen molar-refractivity contribution in [3.8, 4) is 0 Å². The van der Waals surface area contributed by atoms with E-state index >= 15 is 0 Å². The number of anilines is 1. The lowest BCUT2D eigenvalue weighted by atomic mass is 10.0. The first-order chi connectivity index (χ1) is 13.7. The van der Waals surface area contributed by atoms with Gasteiger partial charge in [-0.1, -0.05) is 6.92 Å². The summed E-state index contributed by atoms with van der Waals surface area (Å²) in [7, 11) is 2.00. The summed E-state index contributed by atoms with van der Waals surface area (Å²) < 4.78 is 4.04. The molecule has 3 aromatic heterocycles. The molecule has 0 aliphatic carbocycles. The number of aliphatic hydroxyl groups is 1. The molecule has 0 saturated carbocycles. The molecule has 0 radical (unpaired) electrons. The molecule has 3 aromatic rings. The zero-order valence-corrected chi connectivity index (χ0v) is 16.7. The van der Waals surface area contributed by atoms with E-state index in [9.17, 15) is 5.11 Å². The van der Waals surface area contributed by atoms with Crippen LogP contribution in [-0.2, 0) is 20.0 Å². The molecule has 2 atom stereocenters. The molecule has 28 heavy (non-hydrogen) atoms. The molecule has 4 heterocycles. The lowest BCUT2D eigenvalue weighted by molar-refractivity contribution is 0.156. The van der Waals surface area contributed by atoms with Crippen LogP contribution in [-0.4, -0.2) is 53.6 Å². The maximum atomic E-state index is 9.76. The number of aliphatic hydroxyl groups excluding tert-OH is 1. The van der Waals surface area contributed by atoms with Gasteiger partial charge >= 0.3 is 0 Å². The van der Waals surface area contributed by atoms with Crippen molar-refractivity contribution in [2.24, 2.45) is 13.0 Å². The van der Waals surface area contributed by atoms with Crippen LogP contribution >= 0.6 is 0 Å². The second-order valence-corrected chi connectivity index (χ2v) is 7.76. The minimum absolute atomic E-state index is 0.221. The standard InChI is InChI=1S/C20H29N7O/c1-3-17(28)5-4-9-27-14-23-18-19(21-13-22-20(18)27)26-10-7-15(12-26)11-16-6-8-24-25(16)2/h6,8,13-15,17,28H,3-5,7,9-12H2,1-2H3. The van der Waals surface area contributed by atoms with Crippen LogP contribution in [0.15, 0.2) is 24.9 Å². The highest BCUT2D eigenvalue weighted by Gasteiger charge is 2.26. The number of hydrogen-bond donors (Lipinski definition) is 1. The third kappa shape index (κ3) is 3.87. The average molecular weight is 384 g/mol. The monoisotopic (exact) mass is 383 g/mol. The maximum Gasteiger partial charge on any atom is 0.165 e. The number of nitrogens with zero attached hydrogens (tertiary/aromatic N) is 7. The number of imidazole rings is 1.